The summed E-state index contributed by atoms with van der Waals surface area (Å²) in [6.07, 6.45) is 4.96. The number of thiophene rings is 1. The molecule has 9 heteroatoms. The van der Waals surface area contributed by atoms with Crippen LogP contribution in [0.5, 0.6) is 0 Å². The summed E-state index contributed by atoms with van der Waals surface area (Å²) in [6.45, 7) is 2.29. The van der Waals surface area contributed by atoms with Gasteiger partial charge < -0.3 is 4.57 Å². The molecule has 5 rings (SSSR count). The SMILES string of the molecule is CC[C@H]1CCc2sc(-c3nnc(SCc4nnnn4-c4ccccc4)n3C)cc2C1. The van der Waals surface area contributed by atoms with Crippen molar-refractivity contribution in [2.45, 2.75) is 43.5 Å². The first-order valence-electron chi connectivity index (χ1n) is 10.2. The molecule has 3 aromatic heterocycles. The van der Waals surface area contributed by atoms with E-state index in [2.05, 4.69) is 43.3 Å². The van der Waals surface area contributed by atoms with Crippen LogP contribution in [-0.4, -0.2) is 35.0 Å². The number of aromatic nitrogens is 7. The van der Waals surface area contributed by atoms with Crippen molar-refractivity contribution >= 4 is 23.1 Å². The fourth-order valence-corrected chi connectivity index (χ4v) is 5.95. The first-order chi connectivity index (χ1) is 14.7. The van der Waals surface area contributed by atoms with Gasteiger partial charge in [0.15, 0.2) is 16.8 Å². The lowest BCUT2D eigenvalue weighted by molar-refractivity contribution is 0.449. The van der Waals surface area contributed by atoms with Gasteiger partial charge in [0.25, 0.3) is 0 Å². The molecule has 0 N–H and O–H groups in total. The molecule has 0 radical (unpaired) electrons. The van der Waals surface area contributed by atoms with E-state index < -0.39 is 0 Å². The molecule has 1 atom stereocenters. The van der Waals surface area contributed by atoms with E-state index in [-0.39, 0.29) is 0 Å². The number of rotatable bonds is 6. The smallest absolute Gasteiger partial charge is 0.191 e. The van der Waals surface area contributed by atoms with Gasteiger partial charge in [-0.15, -0.1) is 26.6 Å². The Kier molecular flexibility index (Phi) is 5.39. The minimum absolute atomic E-state index is 0.618. The molecule has 4 aromatic rings. The highest BCUT2D eigenvalue weighted by atomic mass is 32.2. The molecule has 0 aliphatic heterocycles. The van der Waals surface area contributed by atoms with Crippen LogP contribution in [0.4, 0.5) is 0 Å². The zero-order valence-electron chi connectivity index (χ0n) is 17.0. The van der Waals surface area contributed by atoms with E-state index in [1.54, 1.807) is 16.4 Å². The van der Waals surface area contributed by atoms with Gasteiger partial charge in [-0.2, -0.15) is 4.68 Å². The highest BCUT2D eigenvalue weighted by molar-refractivity contribution is 7.98. The van der Waals surface area contributed by atoms with Crippen molar-refractivity contribution < 1.29 is 0 Å². The molecular weight excluding hydrogens is 414 g/mol. The predicted molar refractivity (Wildman–Crippen MR) is 119 cm³/mol. The molecular formula is C21H23N7S2. The third-order valence-electron chi connectivity index (χ3n) is 5.68. The van der Waals surface area contributed by atoms with Crippen molar-refractivity contribution in [3.63, 3.8) is 0 Å². The van der Waals surface area contributed by atoms with Gasteiger partial charge in [0.05, 0.1) is 16.3 Å². The highest BCUT2D eigenvalue weighted by Crippen LogP contribution is 2.38. The van der Waals surface area contributed by atoms with Crippen LogP contribution >= 0.6 is 23.1 Å². The second-order valence-corrected chi connectivity index (χ2v) is 9.65. The zero-order chi connectivity index (χ0) is 20.5. The topological polar surface area (TPSA) is 74.3 Å². The van der Waals surface area contributed by atoms with Crippen LogP contribution in [0.25, 0.3) is 16.4 Å². The van der Waals surface area contributed by atoms with Crippen LogP contribution in [0.1, 0.15) is 36.0 Å². The number of benzene rings is 1. The molecule has 0 bridgehead atoms. The number of aryl methyl sites for hydroxylation is 1. The van der Waals surface area contributed by atoms with Crippen molar-refractivity contribution in [1.29, 1.82) is 0 Å². The van der Waals surface area contributed by atoms with E-state index in [0.717, 1.165) is 28.4 Å². The quantitative estimate of drug-likeness (QED) is 0.418. The van der Waals surface area contributed by atoms with E-state index in [4.69, 9.17) is 0 Å². The minimum Gasteiger partial charge on any atom is -0.304 e. The average Bonchev–Trinajstić information content (AvgIpc) is 3.50. The van der Waals surface area contributed by atoms with Gasteiger partial charge >= 0.3 is 0 Å². The number of tetrazole rings is 1. The molecule has 0 amide bonds. The van der Waals surface area contributed by atoms with Crippen LogP contribution in [0.2, 0.25) is 0 Å². The summed E-state index contributed by atoms with van der Waals surface area (Å²) in [5.74, 6) is 3.16. The summed E-state index contributed by atoms with van der Waals surface area (Å²) >= 11 is 3.47. The molecule has 0 unspecified atom stereocenters. The number of hydrogen-bond acceptors (Lipinski definition) is 7. The maximum Gasteiger partial charge on any atom is 0.191 e. The maximum atomic E-state index is 4.49. The van der Waals surface area contributed by atoms with Crippen molar-refractivity contribution in [3.05, 3.63) is 52.7 Å². The summed E-state index contributed by atoms with van der Waals surface area (Å²) in [7, 11) is 2.03. The molecule has 1 aliphatic carbocycles. The second-order valence-electron chi connectivity index (χ2n) is 7.57. The Morgan fingerprint density at radius 2 is 2.03 bits per heavy atom. The van der Waals surface area contributed by atoms with Crippen LogP contribution in [-0.2, 0) is 25.6 Å². The minimum atomic E-state index is 0.618. The molecule has 30 heavy (non-hydrogen) atoms. The summed E-state index contributed by atoms with van der Waals surface area (Å²) in [6, 6.07) is 12.3. The Balaban J connectivity index is 1.33. The van der Waals surface area contributed by atoms with Gasteiger partial charge in [-0.25, -0.2) is 0 Å². The molecule has 1 aliphatic rings. The Morgan fingerprint density at radius 3 is 2.87 bits per heavy atom. The highest BCUT2D eigenvalue weighted by Gasteiger charge is 2.22. The number of fused-ring (bicyclic) bond motifs is 1. The molecule has 0 spiro atoms. The maximum absolute atomic E-state index is 4.49. The third-order valence-corrected chi connectivity index (χ3v) is 7.93. The Bertz CT molecular complexity index is 1150. The van der Waals surface area contributed by atoms with Gasteiger partial charge in [0.2, 0.25) is 0 Å². The van der Waals surface area contributed by atoms with Crippen LogP contribution in [0, 0.1) is 5.92 Å². The van der Waals surface area contributed by atoms with Crippen LogP contribution in [0.3, 0.4) is 0 Å². The zero-order valence-corrected chi connectivity index (χ0v) is 18.7. The lowest BCUT2D eigenvalue weighted by Gasteiger charge is -2.19. The van der Waals surface area contributed by atoms with Crippen molar-refractivity contribution in [1.82, 2.24) is 35.0 Å². The summed E-state index contributed by atoms with van der Waals surface area (Å²) in [5.41, 5.74) is 2.46. The number of para-hydroxylation sites is 1. The third kappa shape index (κ3) is 3.67. The number of hydrogen-bond donors (Lipinski definition) is 0. The van der Waals surface area contributed by atoms with Crippen molar-refractivity contribution in [2.24, 2.45) is 13.0 Å². The van der Waals surface area contributed by atoms with E-state index in [1.807, 2.05) is 48.7 Å². The molecule has 0 saturated heterocycles. The van der Waals surface area contributed by atoms with E-state index in [1.165, 1.54) is 41.0 Å². The molecule has 154 valence electrons. The second kappa shape index (κ2) is 8.31. The van der Waals surface area contributed by atoms with Crippen LogP contribution in [0.15, 0.2) is 41.6 Å². The Hall–Kier alpha value is -2.52. The van der Waals surface area contributed by atoms with Gasteiger partial charge in [-0.1, -0.05) is 43.3 Å². The summed E-state index contributed by atoms with van der Waals surface area (Å²) < 4.78 is 3.84. The largest absolute Gasteiger partial charge is 0.304 e. The molecule has 3 heterocycles. The van der Waals surface area contributed by atoms with E-state index >= 15 is 0 Å². The summed E-state index contributed by atoms with van der Waals surface area (Å²) in [5, 5.41) is 22.0. The normalized spacial score (nSPS) is 16.0. The van der Waals surface area contributed by atoms with Gasteiger partial charge in [-0.3, -0.25) is 0 Å². The first-order valence-corrected chi connectivity index (χ1v) is 12.0. The van der Waals surface area contributed by atoms with Crippen molar-refractivity contribution in [2.75, 3.05) is 0 Å². The predicted octanol–water partition coefficient (Wildman–Crippen LogP) is 4.33. The summed E-state index contributed by atoms with van der Waals surface area (Å²) in [4.78, 5) is 2.74. The molecule has 7 nitrogen and oxygen atoms in total. The Morgan fingerprint density at radius 1 is 1.17 bits per heavy atom. The van der Waals surface area contributed by atoms with E-state index in [0.29, 0.717) is 5.75 Å². The molecule has 0 fully saturated rings. The monoisotopic (exact) mass is 437 g/mol. The lowest BCUT2D eigenvalue weighted by Crippen LogP contribution is -2.10. The molecule has 0 saturated carbocycles. The standard InChI is InChI=1S/C21H23N7S2/c1-3-14-9-10-17-15(11-14)12-18(30-17)20-23-24-21(27(20)2)29-13-19-22-25-26-28(19)16-7-5-4-6-8-16/h4-8,12,14H,3,9-11,13H2,1-2H3/t14-/m0/s1. The number of thioether (sulfide) groups is 1. The fraction of sp³-hybridized carbons (Fsp3) is 0.381. The van der Waals surface area contributed by atoms with Crippen molar-refractivity contribution in [3.8, 4) is 16.4 Å². The lowest BCUT2D eigenvalue weighted by atomic mass is 9.87. The van der Waals surface area contributed by atoms with E-state index in [9.17, 15) is 0 Å². The van der Waals surface area contributed by atoms with Crippen LogP contribution < -0.4 is 0 Å². The molecule has 1 aromatic carbocycles. The van der Waals surface area contributed by atoms with Gasteiger partial charge in [-0.05, 0) is 59.4 Å². The first kappa shape index (κ1) is 19.4. The number of nitrogens with zero attached hydrogens (tertiary/aromatic N) is 7. The van der Waals surface area contributed by atoms with Gasteiger partial charge in [0, 0.05) is 11.9 Å². The van der Waals surface area contributed by atoms with Gasteiger partial charge in [0.1, 0.15) is 0 Å². The average molecular weight is 438 g/mol. The fourth-order valence-electron chi connectivity index (χ4n) is 3.91. The Labute approximate surface area is 183 Å².